The van der Waals surface area contributed by atoms with Crippen LogP contribution in [0.25, 0.3) is 11.1 Å². The molecule has 3 aromatic carbocycles. The maximum Gasteiger partial charge on any atom is 0.266 e. The van der Waals surface area contributed by atoms with Crippen LogP contribution in [0.1, 0.15) is 0 Å². The third-order valence-corrected chi connectivity index (χ3v) is 6.14. The molecule has 0 radical (unpaired) electrons. The van der Waals surface area contributed by atoms with Gasteiger partial charge in [-0.15, -0.1) is 0 Å². The third-order valence-electron chi connectivity index (χ3n) is 4.08. The largest absolute Gasteiger partial charge is 0.454 e. The van der Waals surface area contributed by atoms with Crippen LogP contribution in [0.5, 0.6) is 11.5 Å². The molecule has 4 aromatic rings. The zero-order valence-corrected chi connectivity index (χ0v) is 16.8. The molecule has 0 unspecified atom stereocenters. The summed E-state index contributed by atoms with van der Waals surface area (Å²) in [6, 6.07) is 18.1. The Bertz CT molecular complexity index is 1280. The summed E-state index contributed by atoms with van der Waals surface area (Å²) in [6.07, 6.45) is 1.14. The van der Waals surface area contributed by atoms with E-state index in [4.69, 9.17) is 4.74 Å². The van der Waals surface area contributed by atoms with E-state index in [0.717, 1.165) is 35.6 Å². The first-order valence-electron chi connectivity index (χ1n) is 8.55. The number of benzene rings is 3. The second-order valence-corrected chi connectivity index (χ2v) is 8.44. The molecule has 0 fully saturated rings. The van der Waals surface area contributed by atoms with Gasteiger partial charge in [-0.3, -0.25) is 4.72 Å². The molecule has 1 aromatic heterocycles. The summed E-state index contributed by atoms with van der Waals surface area (Å²) in [5.41, 5.74) is 1.50. The number of hydrogen-bond acceptors (Lipinski definition) is 6. The average molecular weight is 445 g/mol. The van der Waals surface area contributed by atoms with E-state index in [1.54, 1.807) is 24.3 Å². The van der Waals surface area contributed by atoms with E-state index in [0.29, 0.717) is 11.3 Å². The van der Waals surface area contributed by atoms with Gasteiger partial charge < -0.3 is 4.74 Å². The molecule has 30 heavy (non-hydrogen) atoms. The van der Waals surface area contributed by atoms with Crippen LogP contribution in [-0.2, 0) is 10.0 Å². The quantitative estimate of drug-likeness (QED) is 0.448. The average Bonchev–Trinajstić information content (AvgIpc) is 3.24. The van der Waals surface area contributed by atoms with Crippen molar-refractivity contribution in [1.82, 2.24) is 9.36 Å². The topological polar surface area (TPSA) is 81.2 Å². The van der Waals surface area contributed by atoms with Crippen LogP contribution in [0.3, 0.4) is 0 Å². The van der Waals surface area contributed by atoms with Crippen molar-refractivity contribution in [3.8, 4) is 22.6 Å². The maximum atomic E-state index is 14.7. The molecular weight excluding hydrogens is 432 g/mol. The molecule has 1 heterocycles. The summed E-state index contributed by atoms with van der Waals surface area (Å²) in [5, 5.41) is -0.0630. The summed E-state index contributed by atoms with van der Waals surface area (Å²) in [7, 11) is -4.39. The van der Waals surface area contributed by atoms with E-state index in [-0.39, 0.29) is 5.13 Å². The lowest BCUT2D eigenvalue weighted by molar-refractivity contribution is 0.409. The summed E-state index contributed by atoms with van der Waals surface area (Å²) >= 11 is 0.767. The van der Waals surface area contributed by atoms with Gasteiger partial charge in [-0.05, 0) is 23.8 Å². The van der Waals surface area contributed by atoms with Crippen molar-refractivity contribution < 1.29 is 21.9 Å². The van der Waals surface area contributed by atoms with Gasteiger partial charge in [0.25, 0.3) is 10.0 Å². The third kappa shape index (κ3) is 4.00. The van der Waals surface area contributed by atoms with Crippen LogP contribution in [0.4, 0.5) is 13.9 Å². The van der Waals surface area contributed by atoms with E-state index >= 15 is 0 Å². The van der Waals surface area contributed by atoms with Crippen LogP contribution in [0.15, 0.2) is 78.0 Å². The molecule has 0 aliphatic carbocycles. The fourth-order valence-corrected chi connectivity index (χ4v) is 4.45. The number of anilines is 1. The second-order valence-electron chi connectivity index (χ2n) is 6.01. The highest BCUT2D eigenvalue weighted by Gasteiger charge is 2.26. The number of rotatable bonds is 6. The SMILES string of the molecule is O=S(=O)(Nc1ncns1)c1ccc(Oc2ccccc2-c2ccccc2)c(F)c1F. The minimum atomic E-state index is -4.39. The number of halogens is 2. The van der Waals surface area contributed by atoms with Crippen molar-refractivity contribution in [3.05, 3.63) is 84.7 Å². The van der Waals surface area contributed by atoms with Crippen LogP contribution in [0.2, 0.25) is 0 Å². The summed E-state index contributed by atoms with van der Waals surface area (Å²) in [5.74, 6) is -3.12. The van der Waals surface area contributed by atoms with Gasteiger partial charge in [-0.2, -0.15) is 8.76 Å². The van der Waals surface area contributed by atoms with Crippen molar-refractivity contribution in [1.29, 1.82) is 0 Å². The van der Waals surface area contributed by atoms with Crippen molar-refractivity contribution >= 4 is 26.7 Å². The Morgan fingerprint density at radius 3 is 2.33 bits per heavy atom. The first kappa shape index (κ1) is 19.9. The molecule has 0 spiro atoms. The van der Waals surface area contributed by atoms with Gasteiger partial charge in [-0.1, -0.05) is 48.5 Å². The highest BCUT2D eigenvalue weighted by atomic mass is 32.2. The Morgan fingerprint density at radius 1 is 0.867 bits per heavy atom. The van der Waals surface area contributed by atoms with Crippen LogP contribution in [0, 0.1) is 11.6 Å². The smallest absolute Gasteiger partial charge is 0.266 e. The molecule has 0 aliphatic heterocycles. The van der Waals surface area contributed by atoms with Gasteiger partial charge >= 0.3 is 0 Å². The van der Waals surface area contributed by atoms with Gasteiger partial charge in [0.05, 0.1) is 0 Å². The lowest BCUT2D eigenvalue weighted by atomic mass is 10.0. The predicted octanol–water partition coefficient (Wildman–Crippen LogP) is 5.08. The Kier molecular flexibility index (Phi) is 5.42. The van der Waals surface area contributed by atoms with Crippen LogP contribution in [-0.4, -0.2) is 17.8 Å². The van der Waals surface area contributed by atoms with E-state index < -0.39 is 32.3 Å². The van der Waals surface area contributed by atoms with E-state index in [2.05, 4.69) is 14.1 Å². The highest BCUT2D eigenvalue weighted by molar-refractivity contribution is 7.93. The van der Waals surface area contributed by atoms with E-state index in [1.165, 1.54) is 0 Å². The van der Waals surface area contributed by atoms with Crippen molar-refractivity contribution in [2.75, 3.05) is 4.72 Å². The summed E-state index contributed by atoms with van der Waals surface area (Å²) < 4.78 is 65.3. The fraction of sp³-hybridized carbons (Fsp3) is 0. The van der Waals surface area contributed by atoms with E-state index in [1.807, 2.05) is 30.3 Å². The van der Waals surface area contributed by atoms with Crippen LogP contribution < -0.4 is 9.46 Å². The maximum absolute atomic E-state index is 14.7. The lowest BCUT2D eigenvalue weighted by Crippen LogP contribution is -2.15. The molecule has 10 heteroatoms. The number of sulfonamides is 1. The highest BCUT2D eigenvalue weighted by Crippen LogP contribution is 2.35. The van der Waals surface area contributed by atoms with Gasteiger partial charge in [0.1, 0.15) is 17.0 Å². The Morgan fingerprint density at radius 2 is 1.60 bits per heavy atom. The predicted molar refractivity (Wildman–Crippen MR) is 109 cm³/mol. The fourth-order valence-electron chi connectivity index (χ4n) is 2.72. The zero-order valence-electron chi connectivity index (χ0n) is 15.1. The van der Waals surface area contributed by atoms with Gasteiger partial charge in [-0.25, -0.2) is 17.8 Å². The molecule has 4 rings (SSSR count). The standard InChI is InChI=1S/C20H13F2N3O3S2/c21-18-16(28-15-9-5-4-8-14(15)13-6-2-1-3-7-13)10-11-17(19(18)22)30(26,27)25-20-23-12-24-29-20/h1-12H,(H,23,24,25). The molecule has 0 amide bonds. The summed E-state index contributed by atoms with van der Waals surface area (Å²) in [6.45, 7) is 0. The first-order chi connectivity index (χ1) is 14.5. The van der Waals surface area contributed by atoms with Crippen molar-refractivity contribution in [2.45, 2.75) is 4.90 Å². The molecule has 0 saturated carbocycles. The number of para-hydroxylation sites is 1. The number of nitrogens with one attached hydrogen (secondary N) is 1. The Labute approximate surface area is 175 Å². The van der Waals surface area contributed by atoms with Gasteiger partial charge in [0.2, 0.25) is 10.9 Å². The molecule has 0 bridgehead atoms. The monoisotopic (exact) mass is 445 g/mol. The van der Waals surface area contributed by atoms with Gasteiger partial charge in [0.15, 0.2) is 11.6 Å². The molecule has 0 atom stereocenters. The molecule has 0 saturated heterocycles. The number of hydrogen-bond donors (Lipinski definition) is 1. The number of ether oxygens (including phenoxy) is 1. The molecule has 6 nitrogen and oxygen atoms in total. The zero-order chi connectivity index (χ0) is 21.1. The molecular formula is C20H13F2N3O3S2. The summed E-state index contributed by atoms with van der Waals surface area (Å²) in [4.78, 5) is 2.81. The van der Waals surface area contributed by atoms with E-state index in [9.17, 15) is 17.2 Å². The number of aromatic nitrogens is 2. The minimum absolute atomic E-state index is 0.0630. The Hall–Kier alpha value is -3.37. The minimum Gasteiger partial charge on any atom is -0.454 e. The van der Waals surface area contributed by atoms with Crippen molar-refractivity contribution in [3.63, 3.8) is 0 Å². The second kappa shape index (κ2) is 8.17. The number of nitrogens with zero attached hydrogens (tertiary/aromatic N) is 2. The molecule has 0 aliphatic rings. The Balaban J connectivity index is 1.67. The first-order valence-corrected chi connectivity index (χ1v) is 10.8. The van der Waals surface area contributed by atoms with Crippen LogP contribution >= 0.6 is 11.5 Å². The van der Waals surface area contributed by atoms with Crippen molar-refractivity contribution in [2.24, 2.45) is 0 Å². The lowest BCUT2D eigenvalue weighted by Gasteiger charge is -2.13. The molecule has 1 N–H and O–H groups in total. The molecule has 152 valence electrons. The normalized spacial score (nSPS) is 11.3. The van der Waals surface area contributed by atoms with Gasteiger partial charge in [0, 0.05) is 17.1 Å².